The third kappa shape index (κ3) is 7.39. The maximum Gasteiger partial charge on any atom is 0.259 e. The van der Waals surface area contributed by atoms with Gasteiger partial charge in [-0.15, -0.1) is 0 Å². The van der Waals surface area contributed by atoms with Crippen LogP contribution in [0.1, 0.15) is 31.1 Å². The lowest BCUT2D eigenvalue weighted by atomic mass is 9.84. The van der Waals surface area contributed by atoms with E-state index in [0.717, 1.165) is 6.07 Å². The maximum atomic E-state index is 15.6. The molecule has 4 aromatic carbocycles. The third-order valence-electron chi connectivity index (χ3n) is 7.91. The number of halogens is 2. The van der Waals surface area contributed by atoms with Gasteiger partial charge in [-0.3, -0.25) is 19.5 Å². The highest BCUT2D eigenvalue weighted by atomic mass is 19.1. The van der Waals surface area contributed by atoms with Gasteiger partial charge in [0, 0.05) is 46.7 Å². The molecule has 2 amide bonds. The molecule has 0 spiro atoms. The molecule has 10 nitrogen and oxygen atoms in total. The van der Waals surface area contributed by atoms with Crippen LogP contribution < -0.4 is 33.9 Å². The van der Waals surface area contributed by atoms with Crippen LogP contribution >= 0.6 is 0 Å². The van der Waals surface area contributed by atoms with Crippen LogP contribution in [-0.4, -0.2) is 51.3 Å². The topological polar surface area (TPSA) is 108 Å². The van der Waals surface area contributed by atoms with E-state index in [2.05, 4.69) is 10.3 Å². The van der Waals surface area contributed by atoms with Crippen molar-refractivity contribution in [1.82, 2.24) is 4.98 Å². The number of carbonyl (C=O) groups excluding carboxylic acids is 2. The third-order valence-corrected chi connectivity index (χ3v) is 7.91. The molecule has 12 heteroatoms. The first-order valence-corrected chi connectivity index (χ1v) is 15.5. The van der Waals surface area contributed by atoms with E-state index in [4.69, 9.17) is 23.7 Å². The average molecular weight is 686 g/mol. The highest BCUT2D eigenvalue weighted by Gasteiger charge is 2.41. The number of aromatic nitrogens is 1. The number of nitrogens with zero attached hydrogens (tertiary/aromatic N) is 2. The van der Waals surface area contributed by atoms with Crippen molar-refractivity contribution in [2.75, 3.05) is 38.7 Å². The molecule has 0 aliphatic rings. The van der Waals surface area contributed by atoms with Crippen molar-refractivity contribution in [3.8, 4) is 34.5 Å². The summed E-state index contributed by atoms with van der Waals surface area (Å²) in [5, 5.41) is 3.34. The molecule has 0 fully saturated rings. The van der Waals surface area contributed by atoms with Gasteiger partial charge in [0.15, 0.2) is 34.6 Å². The Morgan fingerprint density at radius 1 is 0.720 bits per heavy atom. The van der Waals surface area contributed by atoms with E-state index in [0.29, 0.717) is 45.3 Å². The SMILES string of the molecule is COc1ccc(N(C(=O)c2ccc(F)cc2)C(C(=O)Nc2ccc(Oc3ccnc4cc(OC)c(OC)cc34)c(F)c2)C(C)(C)C)cc1OC. The fourth-order valence-electron chi connectivity index (χ4n) is 5.51. The van der Waals surface area contributed by atoms with Gasteiger partial charge in [0.25, 0.3) is 5.91 Å². The van der Waals surface area contributed by atoms with E-state index in [1.54, 1.807) is 57.2 Å². The zero-order valence-corrected chi connectivity index (χ0v) is 28.7. The summed E-state index contributed by atoms with van der Waals surface area (Å²) in [6.45, 7) is 5.39. The molecule has 0 aliphatic carbocycles. The van der Waals surface area contributed by atoms with Crippen LogP contribution in [0.3, 0.4) is 0 Å². The quantitative estimate of drug-likeness (QED) is 0.149. The Kier molecular flexibility index (Phi) is 10.4. The number of hydrogen-bond donors (Lipinski definition) is 1. The molecule has 5 rings (SSSR count). The largest absolute Gasteiger partial charge is 0.493 e. The van der Waals surface area contributed by atoms with Crippen molar-refractivity contribution in [2.45, 2.75) is 26.8 Å². The lowest BCUT2D eigenvalue weighted by Gasteiger charge is -2.39. The molecule has 0 aliphatic heterocycles. The van der Waals surface area contributed by atoms with Gasteiger partial charge in [0.2, 0.25) is 5.91 Å². The van der Waals surface area contributed by atoms with E-state index >= 15 is 4.39 Å². The molecule has 1 N–H and O–H groups in total. The van der Waals surface area contributed by atoms with Gasteiger partial charge >= 0.3 is 0 Å². The Labute approximate surface area is 288 Å². The Bertz CT molecular complexity index is 2030. The smallest absolute Gasteiger partial charge is 0.259 e. The summed E-state index contributed by atoms with van der Waals surface area (Å²) in [6, 6.07) is 17.7. The molecule has 50 heavy (non-hydrogen) atoms. The minimum absolute atomic E-state index is 0.101. The molecule has 5 aromatic rings. The average Bonchev–Trinajstić information content (AvgIpc) is 3.10. The predicted molar refractivity (Wildman–Crippen MR) is 186 cm³/mol. The monoisotopic (exact) mass is 685 g/mol. The van der Waals surface area contributed by atoms with Gasteiger partial charge in [-0.05, 0) is 66.1 Å². The van der Waals surface area contributed by atoms with E-state index in [-0.39, 0.29) is 17.0 Å². The number of hydrogen-bond acceptors (Lipinski definition) is 8. The van der Waals surface area contributed by atoms with Crippen molar-refractivity contribution >= 4 is 34.1 Å². The highest BCUT2D eigenvalue weighted by molar-refractivity contribution is 6.12. The molecular weight excluding hydrogens is 648 g/mol. The maximum absolute atomic E-state index is 15.6. The van der Waals surface area contributed by atoms with E-state index in [1.807, 2.05) is 0 Å². The van der Waals surface area contributed by atoms with Crippen LogP contribution in [0.4, 0.5) is 20.2 Å². The van der Waals surface area contributed by atoms with Gasteiger partial charge in [-0.25, -0.2) is 8.78 Å². The second kappa shape index (κ2) is 14.7. The lowest BCUT2D eigenvalue weighted by molar-refractivity contribution is -0.119. The van der Waals surface area contributed by atoms with Gasteiger partial charge in [-0.2, -0.15) is 0 Å². The molecule has 0 saturated heterocycles. The second-order valence-electron chi connectivity index (χ2n) is 12.3. The number of nitrogens with one attached hydrogen (secondary N) is 1. The van der Waals surface area contributed by atoms with E-state index in [1.165, 1.54) is 75.9 Å². The number of anilines is 2. The van der Waals surface area contributed by atoms with Crippen LogP contribution in [0, 0.1) is 17.0 Å². The molecule has 1 unspecified atom stereocenters. The predicted octanol–water partition coefficient (Wildman–Crippen LogP) is 8.04. The number of amides is 2. The van der Waals surface area contributed by atoms with Crippen molar-refractivity contribution in [3.63, 3.8) is 0 Å². The van der Waals surface area contributed by atoms with Crippen LogP contribution in [-0.2, 0) is 4.79 Å². The second-order valence-corrected chi connectivity index (χ2v) is 12.3. The van der Waals surface area contributed by atoms with Crippen LogP contribution in [0.15, 0.2) is 85.1 Å². The highest BCUT2D eigenvalue weighted by Crippen LogP contribution is 2.39. The number of ether oxygens (including phenoxy) is 5. The Morgan fingerprint density at radius 3 is 1.96 bits per heavy atom. The number of benzene rings is 4. The fourth-order valence-corrected chi connectivity index (χ4v) is 5.51. The Morgan fingerprint density at radius 2 is 1.34 bits per heavy atom. The van der Waals surface area contributed by atoms with Crippen LogP contribution in [0.25, 0.3) is 10.9 Å². The van der Waals surface area contributed by atoms with E-state index in [9.17, 15) is 14.0 Å². The minimum atomic E-state index is -1.15. The number of carbonyl (C=O) groups is 2. The zero-order valence-electron chi connectivity index (χ0n) is 28.7. The number of fused-ring (bicyclic) bond motifs is 1. The number of rotatable bonds is 11. The molecule has 0 saturated carbocycles. The summed E-state index contributed by atoms with van der Waals surface area (Å²) >= 11 is 0. The number of pyridine rings is 1. The first-order valence-electron chi connectivity index (χ1n) is 15.5. The summed E-state index contributed by atoms with van der Waals surface area (Å²) in [6.07, 6.45) is 1.53. The fraction of sp³-hybridized carbons (Fsp3) is 0.237. The normalized spacial score (nSPS) is 11.8. The van der Waals surface area contributed by atoms with Crippen molar-refractivity contribution < 1.29 is 42.1 Å². The number of methoxy groups -OCH3 is 4. The van der Waals surface area contributed by atoms with Gasteiger partial charge in [0.1, 0.15) is 17.6 Å². The van der Waals surface area contributed by atoms with Crippen molar-refractivity contribution in [3.05, 3.63) is 102 Å². The molecule has 0 radical (unpaired) electrons. The van der Waals surface area contributed by atoms with Crippen LogP contribution in [0.5, 0.6) is 34.5 Å². The summed E-state index contributed by atoms with van der Waals surface area (Å²) in [5.41, 5.74) is 0.283. The van der Waals surface area contributed by atoms with Gasteiger partial charge in [0.05, 0.1) is 34.0 Å². The Balaban J connectivity index is 1.48. The van der Waals surface area contributed by atoms with Gasteiger partial charge in [-0.1, -0.05) is 20.8 Å². The molecule has 0 bridgehead atoms. The lowest BCUT2D eigenvalue weighted by Crippen LogP contribution is -2.54. The first-order chi connectivity index (χ1) is 23.9. The molecule has 1 atom stereocenters. The Hall–Kier alpha value is -5.91. The minimum Gasteiger partial charge on any atom is -0.493 e. The molecular formula is C38H37F2N3O7. The zero-order chi connectivity index (χ0) is 36.2. The van der Waals surface area contributed by atoms with Gasteiger partial charge < -0.3 is 29.0 Å². The summed E-state index contributed by atoms with van der Waals surface area (Å²) < 4.78 is 57.0. The summed E-state index contributed by atoms with van der Waals surface area (Å²) in [7, 11) is 5.95. The standard InChI is InChI=1S/C38H37F2N3O7/c1-38(2,3)35(43(37(45)22-8-10-23(39)11-9-22)25-13-15-31(46-4)32(19-25)47-5)36(44)42-24-12-14-30(27(40)18-24)50-29-16-17-41-28-21-34(49-7)33(48-6)20-26(28)29/h8-21,35H,1-7H3,(H,42,44). The summed E-state index contributed by atoms with van der Waals surface area (Å²) in [5.74, 6) is -0.543. The molecule has 1 heterocycles. The molecule has 1 aromatic heterocycles. The van der Waals surface area contributed by atoms with Crippen molar-refractivity contribution in [1.29, 1.82) is 0 Å². The van der Waals surface area contributed by atoms with Crippen molar-refractivity contribution in [2.24, 2.45) is 5.41 Å². The summed E-state index contributed by atoms with van der Waals surface area (Å²) in [4.78, 5) is 34.0. The van der Waals surface area contributed by atoms with E-state index < -0.39 is 34.9 Å². The first kappa shape index (κ1) is 35.4. The molecule has 260 valence electrons. The van der Waals surface area contributed by atoms with Crippen LogP contribution in [0.2, 0.25) is 0 Å².